The first kappa shape index (κ1) is 19.5. The van der Waals surface area contributed by atoms with Crippen LogP contribution >= 0.6 is 11.3 Å². The SMILES string of the molecule is O=C(c1nccnc1-c1nc2ccccc2s1)N1CCN(CCN2CCCC2)CC1. The van der Waals surface area contributed by atoms with E-state index in [1.165, 1.54) is 25.9 Å². The second-order valence-electron chi connectivity index (χ2n) is 7.92. The van der Waals surface area contributed by atoms with Crippen molar-refractivity contribution < 1.29 is 4.79 Å². The average molecular weight is 423 g/mol. The van der Waals surface area contributed by atoms with Gasteiger partial charge in [-0.25, -0.2) is 15.0 Å². The zero-order valence-corrected chi connectivity index (χ0v) is 17.9. The van der Waals surface area contributed by atoms with Gasteiger partial charge in [0.25, 0.3) is 5.91 Å². The Bertz CT molecular complexity index is 990. The highest BCUT2D eigenvalue weighted by molar-refractivity contribution is 7.21. The van der Waals surface area contributed by atoms with E-state index < -0.39 is 0 Å². The van der Waals surface area contributed by atoms with Crippen molar-refractivity contribution >= 4 is 27.5 Å². The fourth-order valence-corrected chi connectivity index (χ4v) is 5.20. The molecule has 0 N–H and O–H groups in total. The molecule has 2 aliphatic heterocycles. The van der Waals surface area contributed by atoms with E-state index in [0.717, 1.165) is 54.5 Å². The van der Waals surface area contributed by atoms with Crippen molar-refractivity contribution in [3.8, 4) is 10.7 Å². The van der Waals surface area contributed by atoms with Crippen molar-refractivity contribution in [2.24, 2.45) is 0 Å². The van der Waals surface area contributed by atoms with E-state index in [1.54, 1.807) is 23.7 Å². The van der Waals surface area contributed by atoms with Crippen molar-refractivity contribution in [1.29, 1.82) is 0 Å². The Labute approximate surface area is 180 Å². The molecule has 1 aromatic carbocycles. The smallest absolute Gasteiger partial charge is 0.274 e. The lowest BCUT2D eigenvalue weighted by molar-refractivity contribution is 0.0621. The van der Waals surface area contributed by atoms with Crippen LogP contribution in [-0.4, -0.2) is 87.9 Å². The summed E-state index contributed by atoms with van der Waals surface area (Å²) in [5.41, 5.74) is 1.91. The third-order valence-electron chi connectivity index (χ3n) is 5.99. The first-order valence-electron chi connectivity index (χ1n) is 10.7. The first-order chi connectivity index (χ1) is 14.8. The molecule has 8 heteroatoms. The van der Waals surface area contributed by atoms with Crippen LogP contribution in [-0.2, 0) is 0 Å². The number of fused-ring (bicyclic) bond motifs is 1. The number of hydrogen-bond donors (Lipinski definition) is 0. The molecule has 2 saturated heterocycles. The Morgan fingerprint density at radius 1 is 0.900 bits per heavy atom. The lowest BCUT2D eigenvalue weighted by atomic mass is 10.2. The average Bonchev–Trinajstić information content (AvgIpc) is 3.47. The number of aromatic nitrogens is 3. The first-order valence-corrected chi connectivity index (χ1v) is 11.5. The van der Waals surface area contributed by atoms with Crippen LogP contribution in [0.5, 0.6) is 0 Å². The molecule has 30 heavy (non-hydrogen) atoms. The topological polar surface area (TPSA) is 65.5 Å². The Morgan fingerprint density at radius 3 is 2.37 bits per heavy atom. The highest BCUT2D eigenvalue weighted by Gasteiger charge is 2.27. The molecule has 5 rings (SSSR count). The van der Waals surface area contributed by atoms with Crippen LogP contribution < -0.4 is 0 Å². The van der Waals surface area contributed by atoms with E-state index in [-0.39, 0.29) is 5.91 Å². The molecule has 3 aromatic rings. The van der Waals surface area contributed by atoms with Gasteiger partial charge in [-0.05, 0) is 38.1 Å². The zero-order chi connectivity index (χ0) is 20.3. The summed E-state index contributed by atoms with van der Waals surface area (Å²) in [6.45, 7) is 7.99. The van der Waals surface area contributed by atoms with Crippen LogP contribution in [0.1, 0.15) is 23.3 Å². The fourth-order valence-electron chi connectivity index (χ4n) is 4.24. The number of carbonyl (C=O) groups is 1. The molecule has 4 heterocycles. The van der Waals surface area contributed by atoms with Crippen molar-refractivity contribution in [1.82, 2.24) is 29.7 Å². The molecule has 0 spiro atoms. The van der Waals surface area contributed by atoms with Crippen LogP contribution in [0.4, 0.5) is 0 Å². The molecule has 2 fully saturated rings. The predicted molar refractivity (Wildman–Crippen MR) is 119 cm³/mol. The van der Waals surface area contributed by atoms with Crippen molar-refractivity contribution in [2.75, 3.05) is 52.4 Å². The van der Waals surface area contributed by atoms with Gasteiger partial charge in [0.05, 0.1) is 10.2 Å². The van der Waals surface area contributed by atoms with Crippen LogP contribution in [0.2, 0.25) is 0 Å². The number of amides is 1. The van der Waals surface area contributed by atoms with Crippen molar-refractivity contribution in [2.45, 2.75) is 12.8 Å². The fraction of sp³-hybridized carbons (Fsp3) is 0.455. The van der Waals surface area contributed by atoms with Gasteiger partial charge in [0, 0.05) is 51.7 Å². The van der Waals surface area contributed by atoms with E-state index in [0.29, 0.717) is 11.4 Å². The van der Waals surface area contributed by atoms with Gasteiger partial charge in [-0.15, -0.1) is 11.3 Å². The van der Waals surface area contributed by atoms with E-state index in [1.807, 2.05) is 29.2 Å². The standard InChI is InChI=1S/C22H26N6OS/c29-22(28-15-13-27(14-16-28)12-11-26-9-3-4-10-26)20-19(23-7-8-24-20)21-25-17-5-1-2-6-18(17)30-21/h1-2,5-8H,3-4,9-16H2. The number of benzene rings is 1. The van der Waals surface area contributed by atoms with Crippen molar-refractivity contribution in [3.63, 3.8) is 0 Å². The Hall–Kier alpha value is -2.42. The molecule has 7 nitrogen and oxygen atoms in total. The molecule has 0 radical (unpaired) electrons. The normalized spacial score (nSPS) is 18.3. The summed E-state index contributed by atoms with van der Waals surface area (Å²) in [4.78, 5) is 33.7. The number of rotatable bonds is 5. The molecule has 0 aliphatic carbocycles. The Morgan fingerprint density at radius 2 is 1.60 bits per heavy atom. The summed E-state index contributed by atoms with van der Waals surface area (Å²) in [7, 11) is 0. The van der Waals surface area contributed by atoms with E-state index in [4.69, 9.17) is 0 Å². The molecule has 2 aliphatic rings. The lowest BCUT2D eigenvalue weighted by Crippen LogP contribution is -2.50. The van der Waals surface area contributed by atoms with Gasteiger partial charge in [0.1, 0.15) is 10.7 Å². The third kappa shape index (κ3) is 4.08. The number of hydrogen-bond acceptors (Lipinski definition) is 7. The molecular weight excluding hydrogens is 396 g/mol. The number of carbonyl (C=O) groups excluding carboxylic acids is 1. The van der Waals surface area contributed by atoms with E-state index in [9.17, 15) is 4.79 Å². The van der Waals surface area contributed by atoms with E-state index >= 15 is 0 Å². The summed E-state index contributed by atoms with van der Waals surface area (Å²) in [6, 6.07) is 7.98. The molecule has 0 bridgehead atoms. The van der Waals surface area contributed by atoms with Crippen LogP contribution in [0.25, 0.3) is 20.9 Å². The number of nitrogens with zero attached hydrogens (tertiary/aromatic N) is 6. The van der Waals surface area contributed by atoms with Gasteiger partial charge in [0.15, 0.2) is 5.69 Å². The predicted octanol–water partition coefficient (Wildman–Crippen LogP) is 2.61. The highest BCUT2D eigenvalue weighted by Crippen LogP contribution is 2.30. The van der Waals surface area contributed by atoms with Gasteiger partial charge in [-0.3, -0.25) is 9.69 Å². The van der Waals surface area contributed by atoms with Crippen LogP contribution in [0, 0.1) is 0 Å². The molecule has 0 atom stereocenters. The van der Waals surface area contributed by atoms with Gasteiger partial charge in [-0.2, -0.15) is 0 Å². The molecule has 1 amide bonds. The second-order valence-corrected chi connectivity index (χ2v) is 8.95. The number of thiazole rings is 1. The van der Waals surface area contributed by atoms with Crippen LogP contribution in [0.15, 0.2) is 36.7 Å². The number of para-hydroxylation sites is 1. The largest absolute Gasteiger partial charge is 0.335 e. The third-order valence-corrected chi connectivity index (χ3v) is 7.03. The molecule has 156 valence electrons. The minimum atomic E-state index is -0.0449. The number of likely N-dealkylation sites (tertiary alicyclic amines) is 1. The minimum absolute atomic E-state index is 0.0449. The van der Waals surface area contributed by atoms with Crippen LogP contribution in [0.3, 0.4) is 0 Å². The maximum atomic E-state index is 13.3. The maximum absolute atomic E-state index is 13.3. The summed E-state index contributed by atoms with van der Waals surface area (Å²) in [5.74, 6) is -0.0449. The summed E-state index contributed by atoms with van der Waals surface area (Å²) in [5, 5.41) is 0.747. The molecule has 2 aromatic heterocycles. The van der Waals surface area contributed by atoms with E-state index in [2.05, 4.69) is 24.8 Å². The monoisotopic (exact) mass is 422 g/mol. The molecular formula is C22H26N6OS. The summed E-state index contributed by atoms with van der Waals surface area (Å²) in [6.07, 6.45) is 5.89. The molecule has 0 saturated carbocycles. The van der Waals surface area contributed by atoms with Gasteiger partial charge >= 0.3 is 0 Å². The Balaban J connectivity index is 1.27. The number of piperazine rings is 1. The summed E-state index contributed by atoms with van der Waals surface area (Å²) >= 11 is 1.55. The van der Waals surface area contributed by atoms with Gasteiger partial charge in [-0.1, -0.05) is 12.1 Å². The lowest BCUT2D eigenvalue weighted by Gasteiger charge is -2.35. The van der Waals surface area contributed by atoms with Gasteiger partial charge < -0.3 is 9.80 Å². The molecule has 0 unspecified atom stereocenters. The Kier molecular flexibility index (Phi) is 5.70. The highest BCUT2D eigenvalue weighted by atomic mass is 32.1. The second kappa shape index (κ2) is 8.75. The minimum Gasteiger partial charge on any atom is -0.335 e. The van der Waals surface area contributed by atoms with Gasteiger partial charge in [0.2, 0.25) is 0 Å². The summed E-state index contributed by atoms with van der Waals surface area (Å²) < 4.78 is 1.09. The van der Waals surface area contributed by atoms with Crippen molar-refractivity contribution in [3.05, 3.63) is 42.4 Å². The quantitative estimate of drug-likeness (QED) is 0.630. The zero-order valence-electron chi connectivity index (χ0n) is 17.0. The maximum Gasteiger partial charge on any atom is 0.274 e.